The first-order valence-electron chi connectivity index (χ1n) is 13.3. The second-order valence-electron chi connectivity index (χ2n) is 9.24. The molecule has 0 bridgehead atoms. The molecule has 8 heteroatoms. The van der Waals surface area contributed by atoms with Gasteiger partial charge < -0.3 is 24.2 Å². The monoisotopic (exact) mass is 527 g/mol. The molecule has 2 N–H and O–H groups in total. The topological polar surface area (TPSA) is 96.9 Å². The molecule has 39 heavy (non-hydrogen) atoms. The van der Waals surface area contributed by atoms with Gasteiger partial charge in [-0.15, -0.1) is 0 Å². The summed E-state index contributed by atoms with van der Waals surface area (Å²) >= 11 is 0. The number of carbonyl (C=O) groups excluding carboxylic acids is 1. The van der Waals surface area contributed by atoms with Crippen LogP contribution in [-0.4, -0.2) is 52.5 Å². The Morgan fingerprint density at radius 1 is 0.949 bits per heavy atom. The van der Waals surface area contributed by atoms with E-state index in [2.05, 4.69) is 10.2 Å². The highest BCUT2D eigenvalue weighted by molar-refractivity contribution is 6.00. The number of fused-ring (bicyclic) bond motifs is 1. The molecule has 0 spiro atoms. The van der Waals surface area contributed by atoms with Crippen LogP contribution in [0.2, 0.25) is 0 Å². The van der Waals surface area contributed by atoms with Crippen LogP contribution in [0, 0.1) is 0 Å². The van der Waals surface area contributed by atoms with Crippen molar-refractivity contribution in [3.63, 3.8) is 0 Å². The minimum atomic E-state index is -0.426. The number of nitrogens with zero attached hydrogens (tertiary/aromatic N) is 2. The number of nitrogens with one attached hydrogen (secondary N) is 1. The summed E-state index contributed by atoms with van der Waals surface area (Å²) in [6.45, 7) is 6.44. The Morgan fingerprint density at radius 3 is 2.51 bits per heavy atom. The number of para-hydroxylation sites is 1. The smallest absolute Gasteiger partial charge is 0.273 e. The maximum Gasteiger partial charge on any atom is 0.273 e. The van der Waals surface area contributed by atoms with Crippen molar-refractivity contribution in [1.82, 2.24) is 15.1 Å². The standard InChI is InChI=1S/C31H33N3O5/c1-3-37-18-10-17-34-30(27-28(32-33-29(27)31(34)36)23-13-8-9-14-24(23)35)22-15-16-25(26(19-22)38-4-2)39-20-21-11-6-5-7-12-21/h5-9,11-16,19,30,35H,3-4,10,17-18,20H2,1-2H3,(H,32,33). The lowest BCUT2D eigenvalue weighted by Gasteiger charge is -2.27. The molecule has 0 saturated carbocycles. The molecule has 0 aliphatic carbocycles. The van der Waals surface area contributed by atoms with Crippen LogP contribution in [0.4, 0.5) is 0 Å². The number of phenolic OH excluding ortho intramolecular Hbond substituents is 1. The van der Waals surface area contributed by atoms with E-state index in [1.54, 1.807) is 18.2 Å². The van der Waals surface area contributed by atoms with E-state index in [0.717, 1.165) is 16.7 Å². The van der Waals surface area contributed by atoms with Crippen molar-refractivity contribution in [1.29, 1.82) is 0 Å². The van der Waals surface area contributed by atoms with Gasteiger partial charge in [0.15, 0.2) is 11.5 Å². The van der Waals surface area contributed by atoms with Gasteiger partial charge in [-0.2, -0.15) is 5.10 Å². The van der Waals surface area contributed by atoms with Gasteiger partial charge in [0.2, 0.25) is 0 Å². The molecule has 1 atom stereocenters. The van der Waals surface area contributed by atoms with Gasteiger partial charge in [0.1, 0.15) is 23.7 Å². The van der Waals surface area contributed by atoms with E-state index in [1.807, 2.05) is 73.3 Å². The second-order valence-corrected chi connectivity index (χ2v) is 9.24. The summed E-state index contributed by atoms with van der Waals surface area (Å²) in [6, 6.07) is 22.4. The number of amides is 1. The zero-order valence-corrected chi connectivity index (χ0v) is 22.2. The molecule has 3 aromatic carbocycles. The summed E-state index contributed by atoms with van der Waals surface area (Å²) in [5.41, 5.74) is 4.21. The maximum atomic E-state index is 13.6. The summed E-state index contributed by atoms with van der Waals surface area (Å²) in [5.74, 6) is 1.20. The summed E-state index contributed by atoms with van der Waals surface area (Å²) < 4.78 is 17.7. The van der Waals surface area contributed by atoms with Gasteiger partial charge in [0.25, 0.3) is 5.91 Å². The molecule has 202 valence electrons. The SMILES string of the molecule is CCOCCCN1C(=O)c2[nH]nc(-c3ccccc3O)c2C1c1ccc(OCc2ccccc2)c(OCC)c1. The van der Waals surface area contributed by atoms with E-state index in [0.29, 0.717) is 67.8 Å². The Bertz CT molecular complexity index is 1420. The van der Waals surface area contributed by atoms with E-state index >= 15 is 0 Å². The van der Waals surface area contributed by atoms with Crippen LogP contribution in [0.5, 0.6) is 17.2 Å². The van der Waals surface area contributed by atoms with Crippen LogP contribution >= 0.6 is 0 Å². The number of aromatic hydroxyl groups is 1. The molecule has 5 rings (SSSR count). The van der Waals surface area contributed by atoms with E-state index < -0.39 is 6.04 Å². The number of hydrogen-bond donors (Lipinski definition) is 2. The number of carbonyl (C=O) groups is 1. The zero-order valence-electron chi connectivity index (χ0n) is 22.2. The van der Waals surface area contributed by atoms with E-state index in [1.165, 1.54) is 0 Å². The quantitative estimate of drug-likeness (QED) is 0.228. The molecule has 1 amide bonds. The van der Waals surface area contributed by atoms with Crippen LogP contribution < -0.4 is 9.47 Å². The Balaban J connectivity index is 1.53. The van der Waals surface area contributed by atoms with Gasteiger partial charge in [0.05, 0.1) is 12.6 Å². The fraction of sp³-hybridized carbons (Fsp3) is 0.290. The van der Waals surface area contributed by atoms with Crippen LogP contribution in [0.15, 0.2) is 72.8 Å². The first-order chi connectivity index (χ1) is 19.1. The summed E-state index contributed by atoms with van der Waals surface area (Å²) in [7, 11) is 0. The third-order valence-electron chi connectivity index (χ3n) is 6.74. The van der Waals surface area contributed by atoms with Crippen molar-refractivity contribution < 1.29 is 24.1 Å². The van der Waals surface area contributed by atoms with Crippen molar-refractivity contribution in [3.05, 3.63) is 95.2 Å². The Hall–Kier alpha value is -4.30. The highest BCUT2D eigenvalue weighted by Crippen LogP contribution is 2.46. The normalized spacial score (nSPS) is 14.5. The maximum absolute atomic E-state index is 13.6. The van der Waals surface area contributed by atoms with Crippen molar-refractivity contribution >= 4 is 5.91 Å². The van der Waals surface area contributed by atoms with E-state index in [4.69, 9.17) is 14.2 Å². The molecule has 1 unspecified atom stereocenters. The number of ether oxygens (including phenoxy) is 3. The number of benzene rings is 3. The van der Waals surface area contributed by atoms with Gasteiger partial charge in [0, 0.05) is 30.9 Å². The number of aromatic amines is 1. The largest absolute Gasteiger partial charge is 0.507 e. The summed E-state index contributed by atoms with van der Waals surface area (Å²) in [5, 5.41) is 18.0. The van der Waals surface area contributed by atoms with Gasteiger partial charge in [-0.05, 0) is 55.7 Å². The third kappa shape index (κ3) is 5.47. The van der Waals surface area contributed by atoms with Gasteiger partial charge in [-0.1, -0.05) is 48.5 Å². The zero-order chi connectivity index (χ0) is 27.2. The van der Waals surface area contributed by atoms with Crippen molar-refractivity contribution in [2.75, 3.05) is 26.4 Å². The Kier molecular flexibility index (Phi) is 8.13. The lowest BCUT2D eigenvalue weighted by molar-refractivity contribution is 0.0710. The number of aromatic nitrogens is 2. The molecule has 1 aliphatic heterocycles. The minimum absolute atomic E-state index is 0.104. The van der Waals surface area contributed by atoms with Gasteiger partial charge in [-0.25, -0.2) is 0 Å². The molecule has 4 aromatic rings. The Morgan fingerprint density at radius 2 is 1.74 bits per heavy atom. The van der Waals surface area contributed by atoms with Gasteiger partial charge in [-0.3, -0.25) is 9.89 Å². The Labute approximate surface area is 228 Å². The van der Waals surface area contributed by atoms with Crippen molar-refractivity contribution in [2.24, 2.45) is 0 Å². The molecular weight excluding hydrogens is 494 g/mol. The second kappa shape index (κ2) is 12.0. The first kappa shape index (κ1) is 26.3. The first-order valence-corrected chi connectivity index (χ1v) is 13.3. The minimum Gasteiger partial charge on any atom is -0.507 e. The van der Waals surface area contributed by atoms with Crippen molar-refractivity contribution in [3.8, 4) is 28.5 Å². The predicted octanol–water partition coefficient (Wildman–Crippen LogP) is 5.73. The number of phenols is 1. The lowest BCUT2D eigenvalue weighted by atomic mass is 9.95. The fourth-order valence-corrected chi connectivity index (χ4v) is 4.95. The summed E-state index contributed by atoms with van der Waals surface area (Å²) in [4.78, 5) is 15.4. The third-order valence-corrected chi connectivity index (χ3v) is 6.74. The molecule has 0 radical (unpaired) electrons. The molecule has 8 nitrogen and oxygen atoms in total. The average Bonchev–Trinajstić information content (AvgIpc) is 3.50. The van der Waals surface area contributed by atoms with E-state index in [9.17, 15) is 9.90 Å². The summed E-state index contributed by atoms with van der Waals surface area (Å²) in [6.07, 6.45) is 0.691. The molecule has 0 saturated heterocycles. The predicted molar refractivity (Wildman–Crippen MR) is 148 cm³/mol. The number of H-pyrrole nitrogens is 1. The van der Waals surface area contributed by atoms with E-state index in [-0.39, 0.29) is 11.7 Å². The molecule has 1 aromatic heterocycles. The fourth-order valence-electron chi connectivity index (χ4n) is 4.95. The molecular formula is C31H33N3O5. The average molecular weight is 528 g/mol. The molecule has 0 fully saturated rings. The van der Waals surface area contributed by atoms with Crippen LogP contribution in [0.1, 0.15) is 53.5 Å². The van der Waals surface area contributed by atoms with Crippen molar-refractivity contribution in [2.45, 2.75) is 32.9 Å². The van der Waals surface area contributed by atoms with Crippen LogP contribution in [-0.2, 0) is 11.3 Å². The number of rotatable bonds is 12. The number of hydrogen-bond acceptors (Lipinski definition) is 6. The van der Waals surface area contributed by atoms with Crippen LogP contribution in [0.3, 0.4) is 0 Å². The molecule has 1 aliphatic rings. The highest BCUT2D eigenvalue weighted by atomic mass is 16.5. The van der Waals surface area contributed by atoms with Crippen LogP contribution in [0.25, 0.3) is 11.3 Å². The van der Waals surface area contributed by atoms with Gasteiger partial charge >= 0.3 is 0 Å². The lowest BCUT2D eigenvalue weighted by Crippen LogP contribution is -2.31. The highest BCUT2D eigenvalue weighted by Gasteiger charge is 2.42. The molecule has 2 heterocycles.